The molecule has 632 valence electrons. The normalized spacial score (nSPS) is 11.8. The molecule has 0 aliphatic carbocycles. The number of hydrogen-bond donors (Lipinski definition) is 0. The maximum Gasteiger partial charge on any atom is 0.0619 e. The van der Waals surface area contributed by atoms with Gasteiger partial charge in [0.05, 0.1) is 44.1 Å². The molecule has 4 heteroatoms. The first-order valence-electron chi connectivity index (χ1n) is 47.0. The van der Waals surface area contributed by atoms with Crippen LogP contribution in [0.3, 0.4) is 0 Å². The number of rotatable bonds is 12. The van der Waals surface area contributed by atoms with E-state index >= 15 is 0 Å². The van der Waals surface area contributed by atoms with Crippen molar-refractivity contribution in [3.05, 3.63) is 510 Å². The van der Waals surface area contributed by atoms with E-state index in [0.29, 0.717) is 0 Å². The topological polar surface area (TPSA) is 19.7 Å². The van der Waals surface area contributed by atoms with E-state index in [-0.39, 0.29) is 0 Å². The first-order valence-corrected chi connectivity index (χ1v) is 47.0. The molecule has 0 amide bonds. The lowest BCUT2D eigenvalue weighted by Gasteiger charge is -2.19. The standard InChI is InChI=1S/2C66H42N2/c1-4-19-43(20-5-1)48-28-14-21-44-41-45(39-40-49(44)48)64-54-31-15-29-50(56-33-17-35-58-52-26-10-12-37-62(52)67(65(56)58)46-22-6-2-7-23-46)60(54)42-61-51(30-16-32-55(61)64)57-34-18-36-59-53-27-11-13-38-63(53)68(66(57)59)47-24-8-3-9-25-47;1-4-17-43(18-5-1)50-26-14-19-44-39-47(35-36-53(44)50)66-58-29-15-27-51(45-33-37-56-54-24-10-12-31-62(54)67(64(56)40-45)48-20-6-2-7-21-48)60(58)42-61-52(28-16-30-59(61)66)46-34-38-57-55-25-11-13-32-63(55)68(65(57)41-46)49-22-8-3-9-23-49/h2*1-42H. The number of hydrogen-bond acceptors (Lipinski definition) is 0. The van der Waals surface area contributed by atoms with Crippen molar-refractivity contribution in [1.82, 2.24) is 18.3 Å². The predicted molar refractivity (Wildman–Crippen MR) is 579 cm³/mol. The Morgan fingerprint density at radius 3 is 0.713 bits per heavy atom. The molecule has 4 nitrogen and oxygen atoms in total. The lowest BCUT2D eigenvalue weighted by Crippen LogP contribution is -1.97. The fourth-order valence-electron chi connectivity index (χ4n) is 22.7. The molecule has 28 rings (SSSR count). The number of nitrogens with zero attached hydrogens (tertiary/aromatic N) is 4. The van der Waals surface area contributed by atoms with Crippen LogP contribution in [-0.4, -0.2) is 18.3 Å². The van der Waals surface area contributed by atoms with Crippen LogP contribution in [0.2, 0.25) is 0 Å². The van der Waals surface area contributed by atoms with Gasteiger partial charge in [-0.15, -0.1) is 0 Å². The van der Waals surface area contributed by atoms with E-state index in [2.05, 4.69) is 528 Å². The number of fused-ring (bicyclic) bond motifs is 18. The predicted octanol–water partition coefficient (Wildman–Crippen LogP) is 36.0. The van der Waals surface area contributed by atoms with E-state index in [4.69, 9.17) is 0 Å². The van der Waals surface area contributed by atoms with Gasteiger partial charge in [-0.25, -0.2) is 0 Å². The smallest absolute Gasteiger partial charge is 0.0619 e. The summed E-state index contributed by atoms with van der Waals surface area (Å²) in [6, 6.07) is 188. The van der Waals surface area contributed by atoms with Gasteiger partial charge in [-0.05, 0) is 252 Å². The van der Waals surface area contributed by atoms with Gasteiger partial charge in [0.2, 0.25) is 0 Å². The zero-order chi connectivity index (χ0) is 89.4. The molecular weight excluding hydrogens is 1640 g/mol. The molecule has 0 aliphatic rings. The quantitative estimate of drug-likeness (QED) is 0.109. The third-order valence-electron chi connectivity index (χ3n) is 28.6. The monoisotopic (exact) mass is 1720 g/mol. The Morgan fingerprint density at radius 2 is 0.353 bits per heavy atom. The first kappa shape index (κ1) is 77.9. The minimum absolute atomic E-state index is 1.15. The summed E-state index contributed by atoms with van der Waals surface area (Å²) >= 11 is 0. The van der Waals surface area contributed by atoms with Gasteiger partial charge in [0, 0.05) is 77.0 Å². The summed E-state index contributed by atoms with van der Waals surface area (Å²) in [4.78, 5) is 0. The Kier molecular flexibility index (Phi) is 18.3. The minimum atomic E-state index is 1.15. The van der Waals surface area contributed by atoms with Gasteiger partial charge < -0.3 is 18.3 Å². The molecule has 0 N–H and O–H groups in total. The van der Waals surface area contributed by atoms with Crippen molar-refractivity contribution >= 4 is 152 Å². The van der Waals surface area contributed by atoms with Crippen LogP contribution in [0.5, 0.6) is 0 Å². The molecule has 0 radical (unpaired) electrons. The molecular formula is C132H84N4. The lowest BCUT2D eigenvalue weighted by molar-refractivity contribution is 1.18. The molecule has 0 fully saturated rings. The van der Waals surface area contributed by atoms with Crippen LogP contribution in [-0.2, 0) is 0 Å². The summed E-state index contributed by atoms with van der Waals surface area (Å²) in [5, 5.41) is 24.7. The molecule has 0 spiro atoms. The SMILES string of the molecule is c1ccc(-c2cccc3cc(-c4c5cccc(-c6ccc7c8ccccc8n(-c8ccccc8)c7c6)c5cc5c(-c6ccc7c8ccccc8n(-c8ccccc8)c7c6)cccc45)ccc23)cc1.c1ccc(-c2cccc3cc(-c4c5cccc(-c6cccc7c8ccccc8n(-c8ccccc8)c67)c5cc5c(-c6cccc7c8ccccc8n(-c8ccccc8)c67)cccc45)ccc23)cc1. The Balaban J connectivity index is 0.000000138. The van der Waals surface area contributed by atoms with E-state index in [1.807, 2.05) is 0 Å². The fraction of sp³-hybridized carbons (Fsp3) is 0. The van der Waals surface area contributed by atoms with Gasteiger partial charge in [-0.3, -0.25) is 0 Å². The summed E-state index contributed by atoms with van der Waals surface area (Å²) < 4.78 is 9.76. The molecule has 0 unspecified atom stereocenters. The second kappa shape index (κ2) is 32.0. The fourth-order valence-corrected chi connectivity index (χ4v) is 22.7. The second-order valence-electron chi connectivity index (χ2n) is 35.9. The van der Waals surface area contributed by atoms with Gasteiger partial charge in [-0.1, -0.05) is 400 Å². The van der Waals surface area contributed by atoms with E-state index < -0.39 is 0 Å². The molecule has 28 aromatic rings. The van der Waals surface area contributed by atoms with E-state index in [1.165, 1.54) is 241 Å². The van der Waals surface area contributed by atoms with Gasteiger partial charge in [0.15, 0.2) is 0 Å². The Labute approximate surface area is 785 Å². The molecule has 0 atom stereocenters. The number of aromatic nitrogens is 4. The zero-order valence-electron chi connectivity index (χ0n) is 74.3. The Morgan fingerprint density at radius 1 is 0.110 bits per heavy atom. The molecule has 0 aliphatic heterocycles. The summed E-state index contributed by atoms with van der Waals surface area (Å²) in [5.74, 6) is 0. The van der Waals surface area contributed by atoms with Crippen molar-refractivity contribution in [2.75, 3.05) is 0 Å². The van der Waals surface area contributed by atoms with Gasteiger partial charge in [-0.2, -0.15) is 0 Å². The molecule has 0 saturated carbocycles. The van der Waals surface area contributed by atoms with Crippen LogP contribution in [0.25, 0.3) is 264 Å². The molecule has 136 heavy (non-hydrogen) atoms. The minimum Gasteiger partial charge on any atom is -0.309 e. The van der Waals surface area contributed by atoms with Crippen LogP contribution in [0.1, 0.15) is 0 Å². The Hall–Kier alpha value is -18.0. The maximum absolute atomic E-state index is 2.50. The van der Waals surface area contributed by atoms with Crippen LogP contribution in [0.15, 0.2) is 510 Å². The molecule has 4 aromatic heterocycles. The molecule has 0 saturated heterocycles. The third-order valence-corrected chi connectivity index (χ3v) is 28.6. The van der Waals surface area contributed by atoms with E-state index in [0.717, 1.165) is 22.7 Å². The maximum atomic E-state index is 2.50. The highest BCUT2D eigenvalue weighted by atomic mass is 15.0. The van der Waals surface area contributed by atoms with Crippen molar-refractivity contribution < 1.29 is 0 Å². The first-order chi connectivity index (χ1) is 67.5. The van der Waals surface area contributed by atoms with Crippen molar-refractivity contribution in [2.24, 2.45) is 0 Å². The largest absolute Gasteiger partial charge is 0.309 e. The van der Waals surface area contributed by atoms with Crippen LogP contribution in [0, 0.1) is 0 Å². The van der Waals surface area contributed by atoms with Crippen molar-refractivity contribution in [3.63, 3.8) is 0 Å². The summed E-state index contributed by atoms with van der Waals surface area (Å²) in [5.41, 5.74) is 33.6. The summed E-state index contributed by atoms with van der Waals surface area (Å²) in [7, 11) is 0. The van der Waals surface area contributed by atoms with E-state index in [9.17, 15) is 0 Å². The summed E-state index contributed by atoms with van der Waals surface area (Å²) in [6.45, 7) is 0. The Bertz CT molecular complexity index is 9270. The van der Waals surface area contributed by atoms with Gasteiger partial charge in [0.25, 0.3) is 0 Å². The van der Waals surface area contributed by atoms with Crippen LogP contribution < -0.4 is 0 Å². The van der Waals surface area contributed by atoms with Gasteiger partial charge in [0.1, 0.15) is 0 Å². The van der Waals surface area contributed by atoms with Crippen LogP contribution >= 0.6 is 0 Å². The highest BCUT2D eigenvalue weighted by Gasteiger charge is 2.27. The van der Waals surface area contributed by atoms with Gasteiger partial charge >= 0.3 is 0 Å². The highest BCUT2D eigenvalue weighted by Crippen LogP contribution is 2.52. The van der Waals surface area contributed by atoms with Crippen molar-refractivity contribution in [1.29, 1.82) is 0 Å². The molecule has 24 aromatic carbocycles. The summed E-state index contributed by atoms with van der Waals surface area (Å²) in [6.07, 6.45) is 0. The number of benzene rings is 24. The molecule has 4 heterocycles. The van der Waals surface area contributed by atoms with Crippen molar-refractivity contribution in [2.45, 2.75) is 0 Å². The zero-order valence-corrected chi connectivity index (χ0v) is 74.3. The average Bonchev–Trinajstić information content (AvgIpc) is 1.54. The lowest BCUT2D eigenvalue weighted by atomic mass is 9.85. The highest BCUT2D eigenvalue weighted by molar-refractivity contribution is 6.26. The van der Waals surface area contributed by atoms with E-state index in [1.54, 1.807) is 0 Å². The van der Waals surface area contributed by atoms with Crippen molar-refractivity contribution in [3.8, 4) is 112 Å². The second-order valence-corrected chi connectivity index (χ2v) is 35.9. The third kappa shape index (κ3) is 12.5. The number of para-hydroxylation sites is 10. The van der Waals surface area contributed by atoms with Crippen LogP contribution in [0.4, 0.5) is 0 Å². The average molecular weight is 1730 g/mol. The molecule has 0 bridgehead atoms.